The molecule has 1 N–H and O–H groups in total. The van der Waals surface area contributed by atoms with Crippen LogP contribution in [0.25, 0.3) is 12.2 Å². The van der Waals surface area contributed by atoms with Gasteiger partial charge in [0.15, 0.2) is 0 Å². The highest BCUT2D eigenvalue weighted by Gasteiger charge is 2.29. The number of phenols is 1. The molecule has 0 atom stereocenters. The molecule has 0 saturated carbocycles. The number of ether oxygens (including phenoxy) is 2. The van der Waals surface area contributed by atoms with Gasteiger partial charge in [-0.2, -0.15) is 13.2 Å². The maximum absolute atomic E-state index is 12.9. The lowest BCUT2D eigenvalue weighted by atomic mass is 9.97. The van der Waals surface area contributed by atoms with Gasteiger partial charge in [0.1, 0.15) is 23.7 Å². The van der Waals surface area contributed by atoms with E-state index in [0.29, 0.717) is 28.9 Å². The van der Waals surface area contributed by atoms with Crippen LogP contribution >= 0.6 is 0 Å². The summed E-state index contributed by atoms with van der Waals surface area (Å²) >= 11 is 0. The quantitative estimate of drug-likeness (QED) is 0.200. The smallest absolute Gasteiger partial charge is 0.416 e. The molecule has 0 fully saturated rings. The Balaban J connectivity index is 2.06. The standard InChI is InChI=1S/C29H27F3O4/c1-19(2)9-16-24-25(36-18-21-7-5-4-6-8-21)17-22(26(27(24)33)28(34)35-3)13-10-20-11-14-23(15-12-20)29(30,31)32/h4-15,17,33H,16,18H2,1-3H3/b13-10+. The van der Waals surface area contributed by atoms with Crippen LogP contribution in [-0.4, -0.2) is 18.2 Å². The number of carbonyl (C=O) groups is 1. The Morgan fingerprint density at radius 2 is 1.67 bits per heavy atom. The summed E-state index contributed by atoms with van der Waals surface area (Å²) in [4.78, 5) is 12.6. The van der Waals surface area contributed by atoms with Crippen molar-refractivity contribution in [1.29, 1.82) is 0 Å². The van der Waals surface area contributed by atoms with Crippen LogP contribution in [0.1, 0.15) is 52.0 Å². The van der Waals surface area contributed by atoms with E-state index in [2.05, 4.69) is 0 Å². The molecule has 0 aromatic heterocycles. The maximum atomic E-state index is 12.9. The number of alkyl halides is 3. The van der Waals surface area contributed by atoms with E-state index in [0.717, 1.165) is 23.3 Å². The van der Waals surface area contributed by atoms with E-state index in [4.69, 9.17) is 9.47 Å². The van der Waals surface area contributed by atoms with Crippen molar-refractivity contribution < 1.29 is 32.5 Å². The topological polar surface area (TPSA) is 55.8 Å². The summed E-state index contributed by atoms with van der Waals surface area (Å²) in [7, 11) is 1.21. The third-order valence-corrected chi connectivity index (χ3v) is 5.43. The highest BCUT2D eigenvalue weighted by atomic mass is 19.4. The summed E-state index contributed by atoms with van der Waals surface area (Å²) in [6.07, 6.45) is 0.888. The van der Waals surface area contributed by atoms with Crippen molar-refractivity contribution in [3.63, 3.8) is 0 Å². The van der Waals surface area contributed by atoms with Crippen molar-refractivity contribution in [2.45, 2.75) is 33.1 Å². The van der Waals surface area contributed by atoms with Gasteiger partial charge in [-0.1, -0.05) is 66.3 Å². The monoisotopic (exact) mass is 496 g/mol. The van der Waals surface area contributed by atoms with Crippen molar-refractivity contribution >= 4 is 18.1 Å². The fourth-order valence-electron chi connectivity index (χ4n) is 3.49. The van der Waals surface area contributed by atoms with Crippen molar-refractivity contribution in [2.24, 2.45) is 0 Å². The van der Waals surface area contributed by atoms with Gasteiger partial charge >= 0.3 is 12.1 Å². The third-order valence-electron chi connectivity index (χ3n) is 5.43. The van der Waals surface area contributed by atoms with Gasteiger partial charge in [0, 0.05) is 5.56 Å². The van der Waals surface area contributed by atoms with Gasteiger partial charge in [0.05, 0.1) is 12.7 Å². The first-order chi connectivity index (χ1) is 17.1. The van der Waals surface area contributed by atoms with E-state index in [9.17, 15) is 23.1 Å². The highest BCUT2D eigenvalue weighted by molar-refractivity contribution is 5.98. The first-order valence-corrected chi connectivity index (χ1v) is 11.2. The van der Waals surface area contributed by atoms with Crippen LogP contribution < -0.4 is 4.74 Å². The molecule has 0 spiro atoms. The first-order valence-electron chi connectivity index (χ1n) is 11.2. The molecule has 188 valence electrons. The molecular formula is C29H27F3O4. The molecule has 0 aliphatic rings. The largest absolute Gasteiger partial charge is 0.507 e. The Hall–Kier alpha value is -4.00. The lowest BCUT2D eigenvalue weighted by Crippen LogP contribution is -2.08. The lowest BCUT2D eigenvalue weighted by Gasteiger charge is -2.17. The van der Waals surface area contributed by atoms with Gasteiger partial charge in [-0.25, -0.2) is 4.79 Å². The first kappa shape index (κ1) is 26.6. The van der Waals surface area contributed by atoms with Crippen LogP contribution in [0.15, 0.2) is 72.3 Å². The number of aromatic hydroxyl groups is 1. The summed E-state index contributed by atoms with van der Waals surface area (Å²) in [5.74, 6) is -0.627. The predicted molar refractivity (Wildman–Crippen MR) is 134 cm³/mol. The Kier molecular flexibility index (Phi) is 8.59. The fourth-order valence-corrected chi connectivity index (χ4v) is 3.49. The van der Waals surface area contributed by atoms with E-state index in [1.807, 2.05) is 50.3 Å². The predicted octanol–water partition coefficient (Wildman–Crippen LogP) is 7.46. The molecule has 0 unspecified atom stereocenters. The molecule has 0 heterocycles. The number of hydrogen-bond donors (Lipinski definition) is 1. The zero-order chi connectivity index (χ0) is 26.3. The molecule has 3 rings (SSSR count). The van der Waals surface area contributed by atoms with E-state index in [1.54, 1.807) is 12.1 Å². The van der Waals surface area contributed by atoms with Crippen LogP contribution in [-0.2, 0) is 23.9 Å². The number of allylic oxidation sites excluding steroid dienone is 2. The average Bonchev–Trinajstić information content (AvgIpc) is 2.85. The van der Waals surface area contributed by atoms with Gasteiger partial charge < -0.3 is 14.6 Å². The molecular weight excluding hydrogens is 469 g/mol. The molecule has 36 heavy (non-hydrogen) atoms. The molecule has 0 saturated heterocycles. The van der Waals surface area contributed by atoms with Gasteiger partial charge in [0.2, 0.25) is 0 Å². The fraction of sp³-hybridized carbons (Fsp3) is 0.207. The molecule has 3 aromatic rings. The molecule has 4 nitrogen and oxygen atoms in total. The van der Waals surface area contributed by atoms with E-state index in [-0.39, 0.29) is 17.9 Å². The second-order valence-corrected chi connectivity index (χ2v) is 8.37. The molecule has 7 heteroatoms. The Bertz CT molecular complexity index is 1250. The van der Waals surface area contributed by atoms with Crippen molar-refractivity contribution in [3.8, 4) is 11.5 Å². The SMILES string of the molecule is COC(=O)c1c(/C=C/c2ccc(C(F)(F)F)cc2)cc(OCc2ccccc2)c(CC=C(C)C)c1O. The van der Waals surface area contributed by atoms with Gasteiger partial charge in [-0.15, -0.1) is 0 Å². The van der Waals surface area contributed by atoms with E-state index in [1.165, 1.54) is 25.3 Å². The average molecular weight is 497 g/mol. The van der Waals surface area contributed by atoms with Crippen LogP contribution in [0, 0.1) is 0 Å². The van der Waals surface area contributed by atoms with Gasteiger partial charge in [-0.3, -0.25) is 0 Å². The second-order valence-electron chi connectivity index (χ2n) is 8.37. The molecule has 0 bridgehead atoms. The lowest BCUT2D eigenvalue weighted by molar-refractivity contribution is -0.137. The summed E-state index contributed by atoms with van der Waals surface area (Å²) in [6, 6.07) is 15.7. The number of rotatable bonds is 8. The number of methoxy groups -OCH3 is 1. The Morgan fingerprint density at radius 1 is 1.00 bits per heavy atom. The molecule has 0 amide bonds. The number of carbonyl (C=O) groups excluding carboxylic acids is 1. The number of hydrogen-bond acceptors (Lipinski definition) is 4. The maximum Gasteiger partial charge on any atom is 0.416 e. The van der Waals surface area contributed by atoms with Crippen molar-refractivity contribution in [3.05, 3.63) is 106 Å². The number of esters is 1. The molecule has 0 aliphatic heterocycles. The summed E-state index contributed by atoms with van der Waals surface area (Å²) in [6.45, 7) is 4.08. The van der Waals surface area contributed by atoms with Crippen molar-refractivity contribution in [1.82, 2.24) is 0 Å². The van der Waals surface area contributed by atoms with Crippen molar-refractivity contribution in [2.75, 3.05) is 7.11 Å². The van der Waals surface area contributed by atoms with Gasteiger partial charge in [-0.05, 0) is 55.2 Å². The minimum atomic E-state index is -4.43. The molecule has 0 radical (unpaired) electrons. The molecule has 3 aromatic carbocycles. The third kappa shape index (κ3) is 6.78. The second kappa shape index (κ2) is 11.6. The normalized spacial score (nSPS) is 11.4. The summed E-state index contributed by atoms with van der Waals surface area (Å²) in [5, 5.41) is 11.1. The Morgan fingerprint density at radius 3 is 2.25 bits per heavy atom. The minimum Gasteiger partial charge on any atom is -0.507 e. The number of benzene rings is 3. The van der Waals surface area contributed by atoms with E-state index < -0.39 is 17.7 Å². The van der Waals surface area contributed by atoms with Crippen LogP contribution in [0.3, 0.4) is 0 Å². The van der Waals surface area contributed by atoms with E-state index >= 15 is 0 Å². The highest BCUT2D eigenvalue weighted by Crippen LogP contribution is 2.37. The summed E-state index contributed by atoms with van der Waals surface area (Å²) < 4.78 is 49.6. The number of phenolic OH excluding ortho intramolecular Hbond substituents is 1. The Labute approximate surface area is 208 Å². The van der Waals surface area contributed by atoms with Crippen LogP contribution in [0.5, 0.6) is 11.5 Å². The van der Waals surface area contributed by atoms with Crippen LogP contribution in [0.2, 0.25) is 0 Å². The van der Waals surface area contributed by atoms with Crippen LogP contribution in [0.4, 0.5) is 13.2 Å². The zero-order valence-electron chi connectivity index (χ0n) is 20.2. The summed E-state index contributed by atoms with van der Waals surface area (Å²) in [5.41, 5.74) is 2.36. The zero-order valence-corrected chi connectivity index (χ0v) is 20.2. The minimum absolute atomic E-state index is 0.0510. The van der Waals surface area contributed by atoms with Gasteiger partial charge in [0.25, 0.3) is 0 Å². The molecule has 0 aliphatic carbocycles. The number of halogens is 3.